The molecule has 1 aromatic carbocycles. The summed E-state index contributed by atoms with van der Waals surface area (Å²) in [7, 11) is 0. The summed E-state index contributed by atoms with van der Waals surface area (Å²) in [6.07, 6.45) is 2.36. The number of hydrogen-bond acceptors (Lipinski definition) is 4. The van der Waals surface area contributed by atoms with Crippen molar-refractivity contribution in [3.8, 4) is 0 Å². The van der Waals surface area contributed by atoms with Gasteiger partial charge < -0.3 is 10.2 Å². The van der Waals surface area contributed by atoms with E-state index in [0.717, 1.165) is 25.3 Å². The van der Waals surface area contributed by atoms with E-state index in [1.54, 1.807) is 12.1 Å². The molecule has 1 unspecified atom stereocenters. The molecule has 24 heavy (non-hydrogen) atoms. The number of carbonyl (C=O) groups is 1. The van der Waals surface area contributed by atoms with Crippen LogP contribution in [0.25, 0.3) is 0 Å². The molecule has 1 aliphatic heterocycles. The van der Waals surface area contributed by atoms with Crippen molar-refractivity contribution in [1.82, 2.24) is 10.2 Å². The number of hydrogen-bond donors (Lipinski definition) is 1. The third-order valence-electron chi connectivity index (χ3n) is 4.04. The lowest BCUT2D eigenvalue weighted by molar-refractivity contribution is 0.102. The van der Waals surface area contributed by atoms with E-state index in [1.165, 1.54) is 24.6 Å². The Hall–Kier alpha value is -2.21. The van der Waals surface area contributed by atoms with E-state index in [1.807, 2.05) is 0 Å². The van der Waals surface area contributed by atoms with Crippen molar-refractivity contribution >= 4 is 29.0 Å². The molecular weight excluding hydrogens is 331 g/mol. The van der Waals surface area contributed by atoms with Crippen LogP contribution in [0.15, 0.2) is 30.3 Å². The molecule has 1 aromatic heterocycles. The Morgan fingerprint density at radius 1 is 1.33 bits per heavy atom. The monoisotopic (exact) mass is 348 g/mol. The molecule has 0 bridgehead atoms. The van der Waals surface area contributed by atoms with Crippen LogP contribution >= 0.6 is 11.6 Å². The molecule has 0 saturated carbocycles. The first-order valence-electron chi connectivity index (χ1n) is 7.88. The van der Waals surface area contributed by atoms with Gasteiger partial charge in [0.05, 0.1) is 5.02 Å². The maximum absolute atomic E-state index is 13.1. The van der Waals surface area contributed by atoms with Crippen LogP contribution in [0.5, 0.6) is 0 Å². The van der Waals surface area contributed by atoms with E-state index in [9.17, 15) is 9.18 Å². The minimum Gasteiger partial charge on any atom is -0.355 e. The topological polar surface area (TPSA) is 58.1 Å². The van der Waals surface area contributed by atoms with Crippen LogP contribution in [0.1, 0.15) is 30.3 Å². The van der Waals surface area contributed by atoms with Crippen molar-refractivity contribution in [2.75, 3.05) is 23.3 Å². The van der Waals surface area contributed by atoms with Crippen molar-refractivity contribution in [2.24, 2.45) is 5.92 Å². The van der Waals surface area contributed by atoms with E-state index in [0.29, 0.717) is 11.6 Å². The van der Waals surface area contributed by atoms with Gasteiger partial charge in [0.2, 0.25) is 0 Å². The van der Waals surface area contributed by atoms with Gasteiger partial charge in [-0.25, -0.2) is 4.39 Å². The van der Waals surface area contributed by atoms with Crippen LogP contribution in [0.2, 0.25) is 5.02 Å². The number of piperidine rings is 1. The molecule has 0 radical (unpaired) electrons. The SMILES string of the molecule is CC1CCCN(c2ccc(C(=O)Nc3ccc(F)c(Cl)c3)nn2)C1. The van der Waals surface area contributed by atoms with Crippen LogP contribution < -0.4 is 10.2 Å². The smallest absolute Gasteiger partial charge is 0.276 e. The lowest BCUT2D eigenvalue weighted by Gasteiger charge is -2.31. The van der Waals surface area contributed by atoms with Crippen LogP contribution in [0.4, 0.5) is 15.9 Å². The minimum absolute atomic E-state index is 0.0477. The molecule has 3 rings (SSSR count). The number of carbonyl (C=O) groups excluding carboxylic acids is 1. The van der Waals surface area contributed by atoms with Gasteiger partial charge in [-0.3, -0.25) is 4.79 Å². The standard InChI is InChI=1S/C17H18ClFN4O/c1-11-3-2-8-23(10-11)16-7-6-15(21-22-16)17(24)20-12-4-5-14(19)13(18)9-12/h4-7,9,11H,2-3,8,10H2,1H3,(H,20,24). The molecule has 126 valence electrons. The van der Waals surface area contributed by atoms with E-state index < -0.39 is 11.7 Å². The van der Waals surface area contributed by atoms with Gasteiger partial charge >= 0.3 is 0 Å². The molecule has 1 amide bonds. The maximum Gasteiger partial charge on any atom is 0.276 e. The Morgan fingerprint density at radius 3 is 2.83 bits per heavy atom. The van der Waals surface area contributed by atoms with Crippen molar-refractivity contribution < 1.29 is 9.18 Å². The number of anilines is 2. The number of nitrogens with one attached hydrogen (secondary N) is 1. The van der Waals surface area contributed by atoms with Gasteiger partial charge in [-0.15, -0.1) is 10.2 Å². The first-order chi connectivity index (χ1) is 11.5. The van der Waals surface area contributed by atoms with E-state index >= 15 is 0 Å². The van der Waals surface area contributed by atoms with Gasteiger partial charge in [-0.1, -0.05) is 18.5 Å². The predicted molar refractivity (Wildman–Crippen MR) is 92.0 cm³/mol. The van der Waals surface area contributed by atoms with Crippen molar-refractivity contribution in [3.63, 3.8) is 0 Å². The number of aromatic nitrogens is 2. The molecule has 7 heteroatoms. The fourth-order valence-corrected chi connectivity index (χ4v) is 2.96. The summed E-state index contributed by atoms with van der Waals surface area (Å²) in [4.78, 5) is 14.4. The Kier molecular flexibility index (Phi) is 4.94. The zero-order chi connectivity index (χ0) is 17.1. The second kappa shape index (κ2) is 7.13. The fraction of sp³-hybridized carbons (Fsp3) is 0.353. The van der Waals surface area contributed by atoms with E-state index in [4.69, 9.17) is 11.6 Å². The van der Waals surface area contributed by atoms with Gasteiger partial charge in [-0.05, 0) is 49.1 Å². The molecule has 0 aliphatic carbocycles. The molecule has 5 nitrogen and oxygen atoms in total. The Morgan fingerprint density at radius 2 is 2.17 bits per heavy atom. The summed E-state index contributed by atoms with van der Waals surface area (Å²) >= 11 is 5.70. The average Bonchev–Trinajstić information content (AvgIpc) is 2.58. The van der Waals surface area contributed by atoms with Gasteiger partial charge in [-0.2, -0.15) is 0 Å². The Balaban J connectivity index is 1.68. The second-order valence-electron chi connectivity index (χ2n) is 6.05. The van der Waals surface area contributed by atoms with Crippen LogP contribution in [-0.2, 0) is 0 Å². The van der Waals surface area contributed by atoms with Gasteiger partial charge in [0.25, 0.3) is 5.91 Å². The molecule has 1 aliphatic rings. The minimum atomic E-state index is -0.533. The number of halogens is 2. The summed E-state index contributed by atoms with van der Waals surface area (Å²) < 4.78 is 13.1. The number of amides is 1. The second-order valence-corrected chi connectivity index (χ2v) is 6.46. The van der Waals surface area contributed by atoms with Crippen LogP contribution in [0, 0.1) is 11.7 Å². The molecular formula is C17H18ClFN4O. The van der Waals surface area contributed by atoms with Crippen molar-refractivity contribution in [1.29, 1.82) is 0 Å². The normalized spacial score (nSPS) is 17.6. The summed E-state index contributed by atoms with van der Waals surface area (Å²) in [6, 6.07) is 7.44. The van der Waals surface area contributed by atoms with Crippen molar-refractivity contribution in [2.45, 2.75) is 19.8 Å². The quantitative estimate of drug-likeness (QED) is 0.917. The average molecular weight is 349 g/mol. The summed E-state index contributed by atoms with van der Waals surface area (Å²) in [5, 5.41) is 10.7. The first kappa shape index (κ1) is 16.6. The summed E-state index contributed by atoms with van der Waals surface area (Å²) in [6.45, 7) is 4.13. The molecule has 2 aromatic rings. The lowest BCUT2D eigenvalue weighted by atomic mass is 10.0. The summed E-state index contributed by atoms with van der Waals surface area (Å²) in [5.41, 5.74) is 0.603. The maximum atomic E-state index is 13.1. The number of rotatable bonds is 3. The van der Waals surface area contributed by atoms with Gasteiger partial charge in [0, 0.05) is 18.8 Å². The third-order valence-corrected chi connectivity index (χ3v) is 4.33. The molecule has 2 heterocycles. The molecule has 1 atom stereocenters. The van der Waals surface area contributed by atoms with E-state index in [2.05, 4.69) is 27.3 Å². The molecule has 1 N–H and O–H groups in total. The van der Waals surface area contributed by atoms with Gasteiger partial charge in [0.1, 0.15) is 5.82 Å². The number of nitrogens with zero attached hydrogens (tertiary/aromatic N) is 3. The highest BCUT2D eigenvalue weighted by Gasteiger charge is 2.18. The highest BCUT2D eigenvalue weighted by atomic mass is 35.5. The Bertz CT molecular complexity index is 738. The zero-order valence-corrected chi connectivity index (χ0v) is 14.1. The first-order valence-corrected chi connectivity index (χ1v) is 8.26. The fourth-order valence-electron chi connectivity index (χ4n) is 2.78. The van der Waals surface area contributed by atoms with Crippen molar-refractivity contribution in [3.05, 3.63) is 46.9 Å². The lowest BCUT2D eigenvalue weighted by Crippen LogP contribution is -2.35. The molecule has 0 spiro atoms. The van der Waals surface area contributed by atoms with E-state index in [-0.39, 0.29) is 10.7 Å². The summed E-state index contributed by atoms with van der Waals surface area (Å²) in [5.74, 6) is 0.466. The zero-order valence-electron chi connectivity index (χ0n) is 13.3. The highest BCUT2D eigenvalue weighted by Crippen LogP contribution is 2.22. The highest BCUT2D eigenvalue weighted by molar-refractivity contribution is 6.31. The predicted octanol–water partition coefficient (Wildman–Crippen LogP) is 3.76. The van der Waals surface area contributed by atoms with Crippen LogP contribution in [0.3, 0.4) is 0 Å². The van der Waals surface area contributed by atoms with Crippen LogP contribution in [-0.4, -0.2) is 29.2 Å². The largest absolute Gasteiger partial charge is 0.355 e. The molecule has 1 saturated heterocycles. The number of benzene rings is 1. The Labute approximate surface area is 144 Å². The third kappa shape index (κ3) is 3.82. The molecule has 1 fully saturated rings. The van der Waals surface area contributed by atoms with Gasteiger partial charge in [0.15, 0.2) is 11.5 Å².